The summed E-state index contributed by atoms with van der Waals surface area (Å²) in [6.45, 7) is 3.40. The highest BCUT2D eigenvalue weighted by atomic mass is 19.1. The number of imidazole rings is 1. The summed E-state index contributed by atoms with van der Waals surface area (Å²) < 4.78 is 15.2. The average Bonchev–Trinajstić information content (AvgIpc) is 2.82. The van der Waals surface area contributed by atoms with Crippen molar-refractivity contribution < 1.29 is 14.0 Å². The molecule has 1 aromatic heterocycles. The number of carbonyl (C=O) groups excluding carboxylic acids is 2. The van der Waals surface area contributed by atoms with Crippen molar-refractivity contribution in [2.45, 2.75) is 19.9 Å². The predicted molar refractivity (Wildman–Crippen MR) is 85.1 cm³/mol. The molecule has 2 amide bonds. The first-order valence-corrected chi connectivity index (χ1v) is 7.25. The van der Waals surface area contributed by atoms with E-state index in [2.05, 4.69) is 15.6 Å². The molecule has 2 aromatic rings. The molecular weight excluding hydrogens is 301 g/mol. The van der Waals surface area contributed by atoms with Crippen molar-refractivity contribution in [1.82, 2.24) is 14.9 Å². The minimum absolute atomic E-state index is 0.0270. The Morgan fingerprint density at radius 1 is 1.39 bits per heavy atom. The van der Waals surface area contributed by atoms with Gasteiger partial charge in [-0.3, -0.25) is 14.9 Å². The number of aryl methyl sites for hydroxylation is 1. The van der Waals surface area contributed by atoms with Crippen LogP contribution < -0.4 is 16.4 Å². The van der Waals surface area contributed by atoms with Crippen LogP contribution in [0.4, 0.5) is 10.3 Å². The summed E-state index contributed by atoms with van der Waals surface area (Å²) in [6, 6.07) is 3.89. The minimum Gasteiger partial charge on any atom is -0.346 e. The molecule has 2 rings (SSSR count). The highest BCUT2D eigenvalue weighted by molar-refractivity contribution is 5.95. The lowest BCUT2D eigenvalue weighted by Crippen LogP contribution is -2.46. The van der Waals surface area contributed by atoms with Gasteiger partial charge >= 0.3 is 0 Å². The lowest BCUT2D eigenvalue weighted by Gasteiger charge is -2.15. The Kier molecular flexibility index (Phi) is 4.95. The van der Waals surface area contributed by atoms with Crippen molar-refractivity contribution in [3.63, 3.8) is 0 Å². The van der Waals surface area contributed by atoms with E-state index in [4.69, 9.17) is 5.73 Å². The molecule has 0 saturated heterocycles. The standard InChI is InChI=1S/C15H20FN5O2/c1-8(2)12(17)14(23)18-7-11(22)19-15-20-13-9(16)5-4-6-10(13)21(15)3/h4-6,8,12H,7,17H2,1-3H3,(H,18,23)(H,19,20,22)/t12-/m0/s1. The second-order valence-corrected chi connectivity index (χ2v) is 5.64. The van der Waals surface area contributed by atoms with Crippen molar-refractivity contribution in [3.8, 4) is 0 Å². The Bertz CT molecular complexity index is 741. The summed E-state index contributed by atoms with van der Waals surface area (Å²) in [5.41, 5.74) is 6.43. The number of fused-ring (bicyclic) bond motifs is 1. The molecule has 8 heteroatoms. The zero-order chi connectivity index (χ0) is 17.1. The molecule has 7 nitrogen and oxygen atoms in total. The van der Waals surface area contributed by atoms with E-state index in [1.807, 2.05) is 13.8 Å². The van der Waals surface area contributed by atoms with Crippen molar-refractivity contribution in [2.24, 2.45) is 18.7 Å². The molecule has 0 aliphatic heterocycles. The Balaban J connectivity index is 2.02. The molecule has 1 heterocycles. The number of anilines is 1. The molecule has 0 spiro atoms. The second-order valence-electron chi connectivity index (χ2n) is 5.64. The van der Waals surface area contributed by atoms with Crippen LogP contribution in [0.15, 0.2) is 18.2 Å². The molecule has 0 aliphatic rings. The van der Waals surface area contributed by atoms with E-state index in [1.165, 1.54) is 6.07 Å². The third-order valence-corrected chi connectivity index (χ3v) is 3.56. The molecule has 0 fully saturated rings. The number of rotatable bonds is 5. The van der Waals surface area contributed by atoms with Gasteiger partial charge in [0.1, 0.15) is 5.52 Å². The fourth-order valence-corrected chi connectivity index (χ4v) is 2.05. The minimum atomic E-state index is -0.673. The number of hydrogen-bond acceptors (Lipinski definition) is 4. The first kappa shape index (κ1) is 16.9. The Hall–Kier alpha value is -2.48. The smallest absolute Gasteiger partial charge is 0.246 e. The van der Waals surface area contributed by atoms with E-state index in [0.29, 0.717) is 5.52 Å². The van der Waals surface area contributed by atoms with Gasteiger partial charge in [0.15, 0.2) is 5.82 Å². The van der Waals surface area contributed by atoms with Crippen molar-refractivity contribution in [2.75, 3.05) is 11.9 Å². The van der Waals surface area contributed by atoms with Crippen LogP contribution in [0.5, 0.6) is 0 Å². The number of hydrogen-bond donors (Lipinski definition) is 3. The van der Waals surface area contributed by atoms with E-state index in [-0.39, 0.29) is 23.9 Å². The van der Waals surface area contributed by atoms with Gasteiger partial charge in [0.05, 0.1) is 18.1 Å². The summed E-state index contributed by atoms with van der Waals surface area (Å²) in [5, 5.41) is 5.00. The van der Waals surface area contributed by atoms with Gasteiger partial charge in [-0.1, -0.05) is 19.9 Å². The van der Waals surface area contributed by atoms with Crippen LogP contribution in [0.25, 0.3) is 11.0 Å². The van der Waals surface area contributed by atoms with Crippen molar-refractivity contribution >= 4 is 28.8 Å². The molecule has 4 N–H and O–H groups in total. The van der Waals surface area contributed by atoms with Gasteiger partial charge in [0.2, 0.25) is 17.8 Å². The van der Waals surface area contributed by atoms with E-state index in [0.717, 1.165) is 0 Å². The number of nitrogens with zero attached hydrogens (tertiary/aromatic N) is 2. The molecule has 0 radical (unpaired) electrons. The van der Waals surface area contributed by atoms with Gasteiger partial charge in [-0.25, -0.2) is 9.37 Å². The number of amides is 2. The van der Waals surface area contributed by atoms with Crippen LogP contribution in [0, 0.1) is 11.7 Å². The molecule has 23 heavy (non-hydrogen) atoms. The SMILES string of the molecule is CC(C)[C@H](N)C(=O)NCC(=O)Nc1nc2c(F)cccc2n1C. The highest BCUT2D eigenvalue weighted by Gasteiger charge is 2.18. The topological polar surface area (TPSA) is 102 Å². The summed E-state index contributed by atoms with van der Waals surface area (Å²) in [5.74, 6) is -1.15. The fourth-order valence-electron chi connectivity index (χ4n) is 2.05. The molecular formula is C15H20FN5O2. The molecule has 0 unspecified atom stereocenters. The number of aromatic nitrogens is 2. The first-order chi connectivity index (χ1) is 10.8. The van der Waals surface area contributed by atoms with Gasteiger partial charge in [-0.2, -0.15) is 0 Å². The van der Waals surface area contributed by atoms with Gasteiger partial charge in [0, 0.05) is 7.05 Å². The molecule has 1 aromatic carbocycles. The van der Waals surface area contributed by atoms with Crippen LogP contribution in [0.1, 0.15) is 13.8 Å². The molecule has 1 atom stereocenters. The molecule has 124 valence electrons. The summed E-state index contributed by atoms with van der Waals surface area (Å²) in [6.07, 6.45) is 0. The van der Waals surface area contributed by atoms with Crippen LogP contribution in [-0.4, -0.2) is 34.0 Å². The maximum absolute atomic E-state index is 13.7. The van der Waals surface area contributed by atoms with Crippen LogP contribution in [0.3, 0.4) is 0 Å². The molecule has 0 aliphatic carbocycles. The maximum Gasteiger partial charge on any atom is 0.246 e. The average molecular weight is 321 g/mol. The summed E-state index contributed by atoms with van der Waals surface area (Å²) >= 11 is 0. The number of halogens is 1. The van der Waals surface area contributed by atoms with E-state index >= 15 is 0 Å². The summed E-state index contributed by atoms with van der Waals surface area (Å²) in [4.78, 5) is 27.7. The Morgan fingerprint density at radius 2 is 2.09 bits per heavy atom. The van der Waals surface area contributed by atoms with Crippen LogP contribution in [0.2, 0.25) is 0 Å². The Morgan fingerprint density at radius 3 is 2.70 bits per heavy atom. The zero-order valence-corrected chi connectivity index (χ0v) is 13.3. The number of para-hydroxylation sites is 1. The van der Waals surface area contributed by atoms with Crippen LogP contribution >= 0.6 is 0 Å². The quantitative estimate of drug-likeness (QED) is 0.756. The van der Waals surface area contributed by atoms with Gasteiger partial charge in [0.25, 0.3) is 0 Å². The lowest BCUT2D eigenvalue weighted by molar-refractivity contribution is -0.125. The monoisotopic (exact) mass is 321 g/mol. The number of benzene rings is 1. The van der Waals surface area contributed by atoms with Crippen molar-refractivity contribution in [1.29, 1.82) is 0 Å². The third-order valence-electron chi connectivity index (χ3n) is 3.56. The zero-order valence-electron chi connectivity index (χ0n) is 13.3. The summed E-state index contributed by atoms with van der Waals surface area (Å²) in [7, 11) is 1.66. The van der Waals surface area contributed by atoms with Crippen molar-refractivity contribution in [3.05, 3.63) is 24.0 Å². The molecule has 0 saturated carbocycles. The first-order valence-electron chi connectivity index (χ1n) is 7.25. The predicted octanol–water partition coefficient (Wildman–Crippen LogP) is 0.750. The van der Waals surface area contributed by atoms with Gasteiger partial charge in [-0.15, -0.1) is 0 Å². The van der Waals surface area contributed by atoms with Crippen LogP contribution in [-0.2, 0) is 16.6 Å². The largest absolute Gasteiger partial charge is 0.346 e. The lowest BCUT2D eigenvalue weighted by atomic mass is 10.1. The van der Waals surface area contributed by atoms with Gasteiger partial charge < -0.3 is 15.6 Å². The fraction of sp³-hybridized carbons (Fsp3) is 0.400. The highest BCUT2D eigenvalue weighted by Crippen LogP contribution is 2.20. The molecule has 0 bridgehead atoms. The van der Waals surface area contributed by atoms with E-state index in [1.54, 1.807) is 23.7 Å². The number of nitrogens with two attached hydrogens (primary N) is 1. The third kappa shape index (κ3) is 3.65. The second kappa shape index (κ2) is 6.74. The Labute approximate surface area is 133 Å². The number of nitrogens with one attached hydrogen (secondary N) is 2. The van der Waals surface area contributed by atoms with E-state index in [9.17, 15) is 14.0 Å². The van der Waals surface area contributed by atoms with Gasteiger partial charge in [-0.05, 0) is 18.1 Å². The number of carbonyl (C=O) groups is 2. The van der Waals surface area contributed by atoms with E-state index < -0.39 is 23.7 Å². The normalized spacial score (nSPS) is 12.4. The maximum atomic E-state index is 13.7.